The summed E-state index contributed by atoms with van der Waals surface area (Å²) in [6, 6.07) is 9.23. The van der Waals surface area contributed by atoms with Gasteiger partial charge < -0.3 is 15.0 Å². The van der Waals surface area contributed by atoms with Crippen molar-refractivity contribution in [2.45, 2.75) is 38.3 Å². The van der Waals surface area contributed by atoms with Crippen molar-refractivity contribution in [2.75, 3.05) is 32.1 Å². The molecular weight excluding hydrogens is 236 g/mol. The molecule has 0 aliphatic carbocycles. The third-order valence-electron chi connectivity index (χ3n) is 4.18. The maximum atomic E-state index is 5.46. The minimum atomic E-state index is 0.440. The van der Waals surface area contributed by atoms with Gasteiger partial charge in [0.15, 0.2) is 0 Å². The molecule has 2 rings (SSSR count). The minimum Gasteiger partial charge on any atom is -0.381 e. The zero-order chi connectivity index (χ0) is 13.7. The van der Waals surface area contributed by atoms with E-state index in [1.807, 2.05) is 14.2 Å². The molecule has 0 radical (unpaired) electrons. The lowest BCUT2D eigenvalue weighted by molar-refractivity contribution is 0.0819. The monoisotopic (exact) mass is 262 g/mol. The Morgan fingerprint density at radius 1 is 1.32 bits per heavy atom. The lowest BCUT2D eigenvalue weighted by Crippen LogP contribution is -2.37. The van der Waals surface area contributed by atoms with Crippen molar-refractivity contribution in [2.24, 2.45) is 0 Å². The number of hydrogen-bond donors (Lipinski definition) is 1. The molecule has 1 saturated heterocycles. The zero-order valence-corrected chi connectivity index (χ0v) is 12.4. The molecule has 3 nitrogen and oxygen atoms in total. The number of methoxy groups -OCH3 is 1. The average Bonchev–Trinajstić information content (AvgIpc) is 2.49. The van der Waals surface area contributed by atoms with Gasteiger partial charge in [-0.3, -0.25) is 0 Å². The third kappa shape index (κ3) is 3.28. The second-order valence-electron chi connectivity index (χ2n) is 5.23. The van der Waals surface area contributed by atoms with Crippen LogP contribution in [0.25, 0.3) is 0 Å². The Labute approximate surface area is 116 Å². The van der Waals surface area contributed by atoms with Crippen molar-refractivity contribution in [1.29, 1.82) is 0 Å². The van der Waals surface area contributed by atoms with Crippen LogP contribution in [-0.4, -0.2) is 33.4 Å². The summed E-state index contributed by atoms with van der Waals surface area (Å²) < 4.78 is 5.46. The number of benzene rings is 1. The molecule has 1 aromatic carbocycles. The van der Waals surface area contributed by atoms with Crippen LogP contribution < -0.4 is 10.2 Å². The van der Waals surface area contributed by atoms with E-state index in [-0.39, 0.29) is 0 Å². The number of ether oxygens (including phenoxy) is 1. The van der Waals surface area contributed by atoms with Gasteiger partial charge in [0.05, 0.1) is 6.10 Å². The highest BCUT2D eigenvalue weighted by atomic mass is 16.5. The Hall–Kier alpha value is -1.06. The Kier molecular flexibility index (Phi) is 5.23. The van der Waals surface area contributed by atoms with Gasteiger partial charge in [0.25, 0.3) is 0 Å². The Morgan fingerprint density at radius 3 is 2.58 bits per heavy atom. The first-order valence-corrected chi connectivity index (χ1v) is 7.34. The predicted molar refractivity (Wildman–Crippen MR) is 80.8 cm³/mol. The van der Waals surface area contributed by atoms with E-state index in [0.29, 0.717) is 12.1 Å². The average molecular weight is 262 g/mol. The van der Waals surface area contributed by atoms with Gasteiger partial charge in [0.1, 0.15) is 0 Å². The largest absolute Gasteiger partial charge is 0.381 e. The molecule has 1 atom stereocenters. The fourth-order valence-corrected chi connectivity index (χ4v) is 2.98. The summed E-state index contributed by atoms with van der Waals surface area (Å²) >= 11 is 0. The molecule has 106 valence electrons. The van der Waals surface area contributed by atoms with Crippen molar-refractivity contribution >= 4 is 5.69 Å². The second kappa shape index (κ2) is 6.92. The molecule has 0 amide bonds. The first-order chi connectivity index (χ1) is 9.30. The summed E-state index contributed by atoms with van der Waals surface area (Å²) in [5, 5.41) is 3.42. The van der Waals surface area contributed by atoms with Crippen molar-refractivity contribution in [3.8, 4) is 0 Å². The molecular formula is C16H26N2O. The van der Waals surface area contributed by atoms with Crippen LogP contribution in [0.1, 0.15) is 37.8 Å². The molecule has 0 aromatic heterocycles. The maximum Gasteiger partial charge on any atom is 0.0605 e. The predicted octanol–water partition coefficient (Wildman–Crippen LogP) is 2.97. The van der Waals surface area contributed by atoms with Gasteiger partial charge >= 0.3 is 0 Å². The molecule has 0 bridgehead atoms. The number of para-hydroxylation sites is 1. The van der Waals surface area contributed by atoms with Gasteiger partial charge in [0, 0.05) is 31.9 Å². The zero-order valence-electron chi connectivity index (χ0n) is 12.4. The van der Waals surface area contributed by atoms with Gasteiger partial charge in [-0.1, -0.05) is 25.1 Å². The van der Waals surface area contributed by atoms with Gasteiger partial charge in [-0.05, 0) is 37.9 Å². The van der Waals surface area contributed by atoms with Crippen LogP contribution in [-0.2, 0) is 4.74 Å². The number of anilines is 1. The SMILES string of the molecule is CCC(NC)c1ccccc1N1CCC(OC)CC1. The highest BCUT2D eigenvalue weighted by Gasteiger charge is 2.22. The molecule has 19 heavy (non-hydrogen) atoms. The Bertz CT molecular complexity index is 382. The maximum absolute atomic E-state index is 5.46. The van der Waals surface area contributed by atoms with E-state index >= 15 is 0 Å². The number of hydrogen-bond acceptors (Lipinski definition) is 3. The topological polar surface area (TPSA) is 24.5 Å². The number of rotatable bonds is 5. The van der Waals surface area contributed by atoms with Crippen LogP contribution in [0.4, 0.5) is 5.69 Å². The van der Waals surface area contributed by atoms with Gasteiger partial charge in [-0.15, -0.1) is 0 Å². The summed E-state index contributed by atoms with van der Waals surface area (Å²) in [4.78, 5) is 2.50. The van der Waals surface area contributed by atoms with E-state index in [2.05, 4.69) is 41.4 Å². The second-order valence-corrected chi connectivity index (χ2v) is 5.23. The van der Waals surface area contributed by atoms with Crippen molar-refractivity contribution < 1.29 is 4.74 Å². The third-order valence-corrected chi connectivity index (χ3v) is 4.18. The molecule has 1 aliphatic rings. The molecule has 1 heterocycles. The summed E-state index contributed by atoms with van der Waals surface area (Å²) in [5.41, 5.74) is 2.81. The van der Waals surface area contributed by atoms with E-state index in [1.165, 1.54) is 11.3 Å². The van der Waals surface area contributed by atoms with Gasteiger partial charge in [-0.25, -0.2) is 0 Å². The molecule has 3 heteroatoms. The fraction of sp³-hybridized carbons (Fsp3) is 0.625. The molecule has 1 N–H and O–H groups in total. The van der Waals surface area contributed by atoms with Crippen molar-refractivity contribution in [3.05, 3.63) is 29.8 Å². The van der Waals surface area contributed by atoms with E-state index in [1.54, 1.807) is 0 Å². The molecule has 1 unspecified atom stereocenters. The fourth-order valence-electron chi connectivity index (χ4n) is 2.98. The first kappa shape index (κ1) is 14.4. The summed E-state index contributed by atoms with van der Waals surface area (Å²) in [6.07, 6.45) is 3.81. The quantitative estimate of drug-likeness (QED) is 0.883. The number of piperidine rings is 1. The lowest BCUT2D eigenvalue weighted by atomic mass is 9.99. The highest BCUT2D eigenvalue weighted by molar-refractivity contribution is 5.55. The smallest absolute Gasteiger partial charge is 0.0605 e. The molecule has 0 spiro atoms. The van der Waals surface area contributed by atoms with E-state index in [4.69, 9.17) is 4.74 Å². The number of nitrogens with one attached hydrogen (secondary N) is 1. The summed E-state index contributed by atoms with van der Waals surface area (Å²) in [6.45, 7) is 4.42. The van der Waals surface area contributed by atoms with Crippen LogP contribution in [0.2, 0.25) is 0 Å². The molecule has 0 saturated carbocycles. The van der Waals surface area contributed by atoms with Crippen LogP contribution in [0.15, 0.2) is 24.3 Å². The van der Waals surface area contributed by atoms with Crippen LogP contribution in [0.5, 0.6) is 0 Å². The Balaban J connectivity index is 2.16. The molecule has 1 aromatic rings. The van der Waals surface area contributed by atoms with E-state index in [9.17, 15) is 0 Å². The van der Waals surface area contributed by atoms with Crippen LogP contribution in [0.3, 0.4) is 0 Å². The minimum absolute atomic E-state index is 0.440. The van der Waals surface area contributed by atoms with E-state index in [0.717, 1.165) is 32.4 Å². The van der Waals surface area contributed by atoms with Crippen molar-refractivity contribution in [3.63, 3.8) is 0 Å². The van der Waals surface area contributed by atoms with Crippen LogP contribution in [0, 0.1) is 0 Å². The lowest BCUT2D eigenvalue weighted by Gasteiger charge is -2.35. The van der Waals surface area contributed by atoms with Gasteiger partial charge in [-0.2, -0.15) is 0 Å². The Morgan fingerprint density at radius 2 is 2.00 bits per heavy atom. The van der Waals surface area contributed by atoms with Crippen molar-refractivity contribution in [1.82, 2.24) is 5.32 Å². The summed E-state index contributed by atoms with van der Waals surface area (Å²) in [5.74, 6) is 0. The number of nitrogens with zero attached hydrogens (tertiary/aromatic N) is 1. The molecule has 1 aliphatic heterocycles. The molecule has 1 fully saturated rings. The standard InChI is InChI=1S/C16H26N2O/c1-4-15(17-2)14-7-5-6-8-16(14)18-11-9-13(19-3)10-12-18/h5-8,13,15,17H,4,9-12H2,1-3H3. The van der Waals surface area contributed by atoms with E-state index < -0.39 is 0 Å². The highest BCUT2D eigenvalue weighted by Crippen LogP contribution is 2.30. The summed E-state index contributed by atoms with van der Waals surface area (Å²) in [7, 11) is 3.87. The normalized spacial score (nSPS) is 18.6. The van der Waals surface area contributed by atoms with Gasteiger partial charge in [0.2, 0.25) is 0 Å². The van der Waals surface area contributed by atoms with Crippen LogP contribution >= 0.6 is 0 Å². The first-order valence-electron chi connectivity index (χ1n) is 7.34.